The van der Waals surface area contributed by atoms with Gasteiger partial charge >= 0.3 is 0 Å². The van der Waals surface area contributed by atoms with Crippen molar-refractivity contribution < 1.29 is 9.59 Å². The molecule has 0 aliphatic heterocycles. The molecule has 0 bridgehead atoms. The Labute approximate surface area is 171 Å². The Bertz CT molecular complexity index is 984. The van der Waals surface area contributed by atoms with Gasteiger partial charge in [0.1, 0.15) is 11.6 Å². The highest BCUT2D eigenvalue weighted by Crippen LogP contribution is 2.24. The number of nitriles is 1. The third kappa shape index (κ3) is 5.11. The van der Waals surface area contributed by atoms with Crippen molar-refractivity contribution in [2.45, 2.75) is 45.6 Å². The number of aryl methyl sites for hydroxylation is 2. The van der Waals surface area contributed by atoms with E-state index in [0.29, 0.717) is 11.3 Å². The Hall–Kier alpha value is -3.39. The summed E-state index contributed by atoms with van der Waals surface area (Å²) in [5.74, 6) is -0.533. The smallest absolute Gasteiger partial charge is 0.267 e. The number of ketones is 1. The van der Waals surface area contributed by atoms with E-state index in [0.717, 1.165) is 18.4 Å². The Balaban J connectivity index is 1.65. The Morgan fingerprint density at radius 3 is 2.41 bits per heavy atom. The Morgan fingerprint density at radius 1 is 1.07 bits per heavy atom. The van der Waals surface area contributed by atoms with Gasteiger partial charge in [0.05, 0.1) is 0 Å². The van der Waals surface area contributed by atoms with Crippen molar-refractivity contribution in [2.75, 3.05) is 5.32 Å². The second-order valence-corrected chi connectivity index (χ2v) is 7.38. The van der Waals surface area contributed by atoms with Gasteiger partial charge in [-0.3, -0.25) is 9.59 Å². The van der Waals surface area contributed by atoms with Gasteiger partial charge < -0.3 is 10.6 Å². The first-order valence-electron chi connectivity index (χ1n) is 9.88. The lowest BCUT2D eigenvalue weighted by Crippen LogP contribution is -2.19. The van der Waals surface area contributed by atoms with Crippen molar-refractivity contribution in [3.8, 4) is 6.07 Å². The molecule has 148 valence electrons. The molecule has 2 aromatic rings. The molecule has 29 heavy (non-hydrogen) atoms. The number of benzene rings is 2. The molecule has 0 radical (unpaired) electrons. The number of hydrogen-bond donors (Lipinski definition) is 2. The Morgan fingerprint density at radius 2 is 1.76 bits per heavy atom. The number of carbonyl (C=O) groups excluding carboxylic acids is 2. The lowest BCUT2D eigenvalue weighted by Gasteiger charge is -2.19. The van der Waals surface area contributed by atoms with Crippen molar-refractivity contribution >= 4 is 17.4 Å². The minimum atomic E-state index is -0.492. The fourth-order valence-electron chi connectivity index (χ4n) is 3.46. The summed E-state index contributed by atoms with van der Waals surface area (Å²) in [7, 11) is 0. The normalized spacial score (nSPS) is 14.3. The SMILES string of the molecule is CC(=O)c1ccc(NC(=O)/C(C#N)=C\NC(C)c2ccc3c(c2)CCCC3)cc1. The number of carbonyl (C=O) groups is 2. The number of rotatable bonds is 6. The first-order valence-corrected chi connectivity index (χ1v) is 9.88. The van der Waals surface area contributed by atoms with Gasteiger partial charge in [-0.1, -0.05) is 18.2 Å². The van der Waals surface area contributed by atoms with Crippen LogP contribution >= 0.6 is 0 Å². The quantitative estimate of drug-likeness (QED) is 0.435. The topological polar surface area (TPSA) is 82.0 Å². The summed E-state index contributed by atoms with van der Waals surface area (Å²) in [4.78, 5) is 23.7. The fraction of sp³-hybridized carbons (Fsp3) is 0.292. The van der Waals surface area contributed by atoms with Gasteiger partial charge in [0.15, 0.2) is 5.78 Å². The maximum Gasteiger partial charge on any atom is 0.267 e. The average Bonchev–Trinajstić information content (AvgIpc) is 2.74. The molecule has 1 atom stereocenters. The van der Waals surface area contributed by atoms with Crippen LogP contribution in [-0.4, -0.2) is 11.7 Å². The zero-order chi connectivity index (χ0) is 20.8. The third-order valence-electron chi connectivity index (χ3n) is 5.26. The van der Waals surface area contributed by atoms with E-state index >= 15 is 0 Å². The molecule has 3 rings (SSSR count). The monoisotopic (exact) mass is 387 g/mol. The summed E-state index contributed by atoms with van der Waals surface area (Å²) in [5, 5.41) is 15.2. The number of hydrogen-bond acceptors (Lipinski definition) is 4. The highest BCUT2D eigenvalue weighted by molar-refractivity contribution is 6.06. The van der Waals surface area contributed by atoms with Gasteiger partial charge in [-0.15, -0.1) is 0 Å². The molecule has 0 heterocycles. The van der Waals surface area contributed by atoms with Gasteiger partial charge in [0.2, 0.25) is 0 Å². The van der Waals surface area contributed by atoms with Crippen LogP contribution in [0.1, 0.15) is 59.8 Å². The van der Waals surface area contributed by atoms with Crippen molar-refractivity contribution in [3.05, 3.63) is 76.5 Å². The van der Waals surface area contributed by atoms with E-state index in [4.69, 9.17) is 0 Å². The fourth-order valence-corrected chi connectivity index (χ4v) is 3.46. The summed E-state index contributed by atoms with van der Waals surface area (Å²) in [6.07, 6.45) is 6.19. The molecule has 0 spiro atoms. The van der Waals surface area contributed by atoms with E-state index in [1.54, 1.807) is 24.3 Å². The molecular weight excluding hydrogens is 362 g/mol. The van der Waals surface area contributed by atoms with Gasteiger partial charge in [0.25, 0.3) is 5.91 Å². The molecule has 1 aliphatic carbocycles. The van der Waals surface area contributed by atoms with Gasteiger partial charge in [-0.25, -0.2) is 0 Å². The van der Waals surface area contributed by atoms with Crippen LogP contribution in [0.4, 0.5) is 5.69 Å². The molecule has 1 aliphatic rings. The van der Waals surface area contributed by atoms with E-state index in [-0.39, 0.29) is 17.4 Å². The third-order valence-corrected chi connectivity index (χ3v) is 5.26. The molecule has 0 aromatic heterocycles. The zero-order valence-corrected chi connectivity index (χ0v) is 16.8. The molecule has 5 heteroatoms. The first-order chi connectivity index (χ1) is 14.0. The zero-order valence-electron chi connectivity index (χ0n) is 16.8. The second-order valence-electron chi connectivity index (χ2n) is 7.38. The van der Waals surface area contributed by atoms with Crippen molar-refractivity contribution in [1.29, 1.82) is 5.26 Å². The lowest BCUT2D eigenvalue weighted by atomic mass is 9.89. The summed E-state index contributed by atoms with van der Waals surface area (Å²) in [6.45, 7) is 3.49. The maximum absolute atomic E-state index is 12.4. The highest BCUT2D eigenvalue weighted by atomic mass is 16.1. The highest BCUT2D eigenvalue weighted by Gasteiger charge is 2.13. The van der Waals surface area contributed by atoms with Crippen LogP contribution in [0.25, 0.3) is 0 Å². The van der Waals surface area contributed by atoms with Crippen LogP contribution < -0.4 is 10.6 Å². The molecule has 0 fully saturated rings. The predicted molar refractivity (Wildman–Crippen MR) is 113 cm³/mol. The van der Waals surface area contributed by atoms with Crippen LogP contribution in [0.3, 0.4) is 0 Å². The summed E-state index contributed by atoms with van der Waals surface area (Å²) in [6, 6.07) is 15.0. The van der Waals surface area contributed by atoms with Gasteiger partial charge in [0, 0.05) is 23.5 Å². The van der Waals surface area contributed by atoms with Gasteiger partial charge in [-0.05, 0) is 80.5 Å². The molecule has 2 N–H and O–H groups in total. The number of Topliss-reactive ketones (excluding diaryl/α,β-unsaturated/α-hetero) is 1. The van der Waals surface area contributed by atoms with Gasteiger partial charge in [-0.2, -0.15) is 5.26 Å². The summed E-state index contributed by atoms with van der Waals surface area (Å²) < 4.78 is 0. The van der Waals surface area contributed by atoms with E-state index in [1.807, 2.05) is 13.0 Å². The minimum absolute atomic E-state index is 0.00884. The Kier molecular flexibility index (Phi) is 6.46. The average molecular weight is 387 g/mol. The number of nitrogens with zero attached hydrogens (tertiary/aromatic N) is 1. The van der Waals surface area contributed by atoms with Crippen LogP contribution in [0.2, 0.25) is 0 Å². The number of amides is 1. The predicted octanol–water partition coefficient (Wildman–Crippen LogP) is 4.46. The maximum atomic E-state index is 12.4. The second kappa shape index (κ2) is 9.20. The molecule has 1 amide bonds. The molecular formula is C24H25N3O2. The standard InChI is InChI=1S/C24H25N3O2/c1-16(20-8-7-19-5-3-4-6-21(19)13-20)26-15-22(14-25)24(29)27-23-11-9-18(10-12-23)17(2)28/h7-13,15-16,26H,3-6H2,1-2H3,(H,27,29)/b22-15-. The molecule has 1 unspecified atom stereocenters. The molecule has 0 saturated heterocycles. The molecule has 2 aromatic carbocycles. The van der Waals surface area contributed by atoms with E-state index in [1.165, 1.54) is 37.1 Å². The van der Waals surface area contributed by atoms with Crippen molar-refractivity contribution in [2.24, 2.45) is 0 Å². The largest absolute Gasteiger partial charge is 0.383 e. The number of anilines is 1. The first kappa shape index (κ1) is 20.3. The van der Waals surface area contributed by atoms with E-state index in [9.17, 15) is 14.9 Å². The summed E-state index contributed by atoms with van der Waals surface area (Å²) >= 11 is 0. The molecule has 0 saturated carbocycles. The van der Waals surface area contributed by atoms with Crippen LogP contribution in [-0.2, 0) is 17.6 Å². The number of nitrogens with one attached hydrogen (secondary N) is 2. The van der Waals surface area contributed by atoms with Crippen LogP contribution in [0.15, 0.2) is 54.2 Å². The minimum Gasteiger partial charge on any atom is -0.383 e. The molecule has 5 nitrogen and oxygen atoms in total. The summed E-state index contributed by atoms with van der Waals surface area (Å²) in [5.41, 5.74) is 5.06. The van der Waals surface area contributed by atoms with Crippen molar-refractivity contribution in [3.63, 3.8) is 0 Å². The van der Waals surface area contributed by atoms with Crippen LogP contribution in [0, 0.1) is 11.3 Å². The van der Waals surface area contributed by atoms with E-state index < -0.39 is 5.91 Å². The number of fused-ring (bicyclic) bond motifs is 1. The lowest BCUT2D eigenvalue weighted by molar-refractivity contribution is -0.112. The van der Waals surface area contributed by atoms with Crippen molar-refractivity contribution in [1.82, 2.24) is 5.32 Å². The van der Waals surface area contributed by atoms with Crippen LogP contribution in [0.5, 0.6) is 0 Å². The van der Waals surface area contributed by atoms with E-state index in [2.05, 4.69) is 28.8 Å².